The van der Waals surface area contributed by atoms with Gasteiger partial charge in [0.05, 0.1) is 17.0 Å². The standard InChI is InChI=1S/C23H24ClN3OS.BrH/c1-5-27(4)14-25-20-11-15(2)18(10-16(20)3)12-22-26-21(13-29-22)23(28)17-6-8-19(24)9-7-17;/h6-11,13-14H,5,12H2,1-4H3;1H/b25-14-;. The molecule has 0 amide bonds. The number of aryl methyl sites for hydroxylation is 2. The highest BCUT2D eigenvalue weighted by molar-refractivity contribution is 8.93. The van der Waals surface area contributed by atoms with E-state index in [0.717, 1.165) is 22.8 Å². The van der Waals surface area contributed by atoms with E-state index in [1.165, 1.54) is 22.5 Å². The minimum Gasteiger partial charge on any atom is -0.366 e. The minimum atomic E-state index is -0.0817. The monoisotopic (exact) mass is 505 g/mol. The van der Waals surface area contributed by atoms with Crippen LogP contribution in [0.2, 0.25) is 5.02 Å². The third-order valence-electron chi connectivity index (χ3n) is 4.78. The van der Waals surface area contributed by atoms with Gasteiger partial charge in [0.2, 0.25) is 5.78 Å². The molecule has 0 spiro atoms. The summed E-state index contributed by atoms with van der Waals surface area (Å²) in [6.07, 6.45) is 2.56. The molecule has 30 heavy (non-hydrogen) atoms. The molecule has 0 radical (unpaired) electrons. The number of ketones is 1. The molecule has 1 heterocycles. The van der Waals surface area contributed by atoms with Gasteiger partial charge in [-0.1, -0.05) is 17.7 Å². The Morgan fingerprint density at radius 1 is 1.20 bits per heavy atom. The van der Waals surface area contributed by atoms with Gasteiger partial charge in [0.1, 0.15) is 5.69 Å². The maximum absolute atomic E-state index is 12.6. The summed E-state index contributed by atoms with van der Waals surface area (Å²) in [5, 5.41) is 3.36. The summed E-state index contributed by atoms with van der Waals surface area (Å²) in [5.74, 6) is -0.0817. The molecule has 3 aromatic rings. The van der Waals surface area contributed by atoms with Gasteiger partial charge in [0.15, 0.2) is 0 Å². The van der Waals surface area contributed by atoms with Crippen molar-refractivity contribution in [2.75, 3.05) is 13.6 Å². The van der Waals surface area contributed by atoms with Crippen LogP contribution < -0.4 is 0 Å². The number of carbonyl (C=O) groups excluding carboxylic acids is 1. The van der Waals surface area contributed by atoms with Crippen molar-refractivity contribution < 1.29 is 4.79 Å². The second-order valence-electron chi connectivity index (χ2n) is 7.02. The molecule has 0 N–H and O–H groups in total. The lowest BCUT2D eigenvalue weighted by Crippen LogP contribution is -2.14. The third-order valence-corrected chi connectivity index (χ3v) is 5.88. The number of rotatable bonds is 7. The molecule has 0 saturated carbocycles. The van der Waals surface area contributed by atoms with Gasteiger partial charge < -0.3 is 4.90 Å². The number of hydrogen-bond acceptors (Lipinski definition) is 4. The van der Waals surface area contributed by atoms with Crippen molar-refractivity contribution in [2.45, 2.75) is 27.2 Å². The number of aromatic nitrogens is 1. The summed E-state index contributed by atoms with van der Waals surface area (Å²) in [6.45, 7) is 7.16. The quantitative estimate of drug-likeness (QED) is 0.211. The Hall–Kier alpha value is -2.02. The van der Waals surface area contributed by atoms with Crippen molar-refractivity contribution in [3.8, 4) is 0 Å². The maximum Gasteiger partial charge on any atom is 0.212 e. The van der Waals surface area contributed by atoms with Crippen LogP contribution in [0.15, 0.2) is 46.8 Å². The van der Waals surface area contributed by atoms with Gasteiger partial charge in [-0.05, 0) is 67.8 Å². The van der Waals surface area contributed by atoms with Crippen LogP contribution in [0, 0.1) is 13.8 Å². The fourth-order valence-corrected chi connectivity index (χ4v) is 3.76. The molecule has 0 atom stereocenters. The zero-order valence-electron chi connectivity index (χ0n) is 17.5. The van der Waals surface area contributed by atoms with Crippen LogP contribution in [-0.2, 0) is 6.42 Å². The van der Waals surface area contributed by atoms with Gasteiger partial charge in [-0.3, -0.25) is 4.79 Å². The highest BCUT2D eigenvalue weighted by atomic mass is 79.9. The molecular weight excluding hydrogens is 482 g/mol. The second kappa shape index (κ2) is 10.8. The first-order valence-corrected chi connectivity index (χ1v) is 10.7. The molecule has 0 aliphatic heterocycles. The van der Waals surface area contributed by atoms with E-state index in [9.17, 15) is 4.79 Å². The van der Waals surface area contributed by atoms with Gasteiger partial charge in [-0.25, -0.2) is 9.98 Å². The van der Waals surface area contributed by atoms with E-state index in [1.54, 1.807) is 24.3 Å². The van der Waals surface area contributed by atoms with E-state index >= 15 is 0 Å². The summed E-state index contributed by atoms with van der Waals surface area (Å²) in [6, 6.07) is 11.2. The Morgan fingerprint density at radius 2 is 1.90 bits per heavy atom. The van der Waals surface area contributed by atoms with Crippen LogP contribution in [0.3, 0.4) is 0 Å². The van der Waals surface area contributed by atoms with Gasteiger partial charge in [0.25, 0.3) is 0 Å². The SMILES string of the molecule is Br.CCN(C)/C=N\c1cc(C)c(Cc2nc(C(=O)c3ccc(Cl)cc3)cs2)cc1C. The van der Waals surface area contributed by atoms with E-state index in [1.807, 2.05) is 23.7 Å². The largest absolute Gasteiger partial charge is 0.366 e. The predicted molar refractivity (Wildman–Crippen MR) is 132 cm³/mol. The van der Waals surface area contributed by atoms with Crippen LogP contribution in [0.4, 0.5) is 5.69 Å². The molecule has 158 valence electrons. The molecule has 2 aromatic carbocycles. The van der Waals surface area contributed by atoms with Crippen molar-refractivity contribution >= 4 is 57.7 Å². The molecule has 4 nitrogen and oxygen atoms in total. The first-order valence-electron chi connectivity index (χ1n) is 9.46. The molecule has 0 unspecified atom stereocenters. The third kappa shape index (κ3) is 6.00. The summed E-state index contributed by atoms with van der Waals surface area (Å²) in [5.41, 5.74) is 5.54. The highest BCUT2D eigenvalue weighted by Gasteiger charge is 2.14. The summed E-state index contributed by atoms with van der Waals surface area (Å²) in [7, 11) is 2.01. The minimum absolute atomic E-state index is 0. The van der Waals surface area contributed by atoms with Crippen molar-refractivity contribution in [1.82, 2.24) is 9.88 Å². The number of nitrogens with zero attached hydrogens (tertiary/aromatic N) is 3. The lowest BCUT2D eigenvalue weighted by atomic mass is 10.0. The Kier molecular flexibility index (Phi) is 8.77. The number of thiazole rings is 1. The van der Waals surface area contributed by atoms with Crippen LogP contribution in [0.1, 0.15) is 44.7 Å². The summed E-state index contributed by atoms with van der Waals surface area (Å²) in [4.78, 5) is 23.8. The maximum atomic E-state index is 12.6. The van der Waals surface area contributed by atoms with E-state index in [0.29, 0.717) is 22.7 Å². The van der Waals surface area contributed by atoms with E-state index in [4.69, 9.17) is 11.6 Å². The zero-order chi connectivity index (χ0) is 21.0. The van der Waals surface area contributed by atoms with Crippen molar-refractivity contribution in [3.63, 3.8) is 0 Å². The Morgan fingerprint density at radius 3 is 2.57 bits per heavy atom. The molecule has 3 rings (SSSR count). The average molecular weight is 507 g/mol. The van der Waals surface area contributed by atoms with Gasteiger partial charge >= 0.3 is 0 Å². The summed E-state index contributed by atoms with van der Waals surface area (Å²) < 4.78 is 0. The first kappa shape index (κ1) is 24.3. The first-order chi connectivity index (χ1) is 13.9. The molecule has 0 saturated heterocycles. The fraction of sp³-hybridized carbons (Fsp3) is 0.261. The fourth-order valence-electron chi connectivity index (χ4n) is 2.84. The Bertz CT molecular complexity index is 1050. The van der Waals surface area contributed by atoms with Crippen molar-refractivity contribution in [2.24, 2.45) is 4.99 Å². The van der Waals surface area contributed by atoms with Crippen LogP contribution >= 0.6 is 39.9 Å². The molecular formula is C23H25BrClN3OS. The lowest BCUT2D eigenvalue weighted by molar-refractivity contribution is 0.103. The number of hydrogen-bond donors (Lipinski definition) is 0. The van der Waals surface area contributed by atoms with Gasteiger partial charge in [0, 0.05) is 36.0 Å². The molecule has 0 fully saturated rings. The second-order valence-corrected chi connectivity index (χ2v) is 8.40. The van der Waals surface area contributed by atoms with Crippen LogP contribution in [0.5, 0.6) is 0 Å². The number of halogens is 2. The highest BCUT2D eigenvalue weighted by Crippen LogP contribution is 2.26. The van der Waals surface area contributed by atoms with Crippen molar-refractivity contribution in [1.29, 1.82) is 0 Å². The van der Waals surface area contributed by atoms with E-state index < -0.39 is 0 Å². The van der Waals surface area contributed by atoms with E-state index in [-0.39, 0.29) is 22.8 Å². The normalized spacial score (nSPS) is 10.8. The molecule has 0 aliphatic rings. The molecule has 1 aromatic heterocycles. The number of benzene rings is 2. The number of aliphatic imine (C=N–C) groups is 1. The molecule has 7 heteroatoms. The van der Waals surface area contributed by atoms with E-state index in [2.05, 4.69) is 42.9 Å². The van der Waals surface area contributed by atoms with Crippen LogP contribution in [-0.4, -0.2) is 35.6 Å². The van der Waals surface area contributed by atoms with Crippen molar-refractivity contribution in [3.05, 3.63) is 79.8 Å². The summed E-state index contributed by atoms with van der Waals surface area (Å²) >= 11 is 7.41. The number of carbonyl (C=O) groups is 1. The van der Waals surface area contributed by atoms with Crippen LogP contribution in [0.25, 0.3) is 0 Å². The van der Waals surface area contributed by atoms with Gasteiger partial charge in [-0.15, -0.1) is 28.3 Å². The zero-order valence-corrected chi connectivity index (χ0v) is 20.8. The smallest absolute Gasteiger partial charge is 0.212 e. The Balaban J connectivity index is 0.00000320. The van der Waals surface area contributed by atoms with Gasteiger partial charge in [-0.2, -0.15) is 0 Å². The predicted octanol–water partition coefficient (Wildman–Crippen LogP) is 6.42. The topological polar surface area (TPSA) is 45.6 Å². The average Bonchev–Trinajstić information content (AvgIpc) is 3.17. The molecule has 0 bridgehead atoms. The lowest BCUT2D eigenvalue weighted by Gasteiger charge is -2.11. The Labute approximate surface area is 197 Å². The molecule has 0 aliphatic carbocycles.